The number of methoxy groups -OCH3 is 1. The number of nitrogens with two attached hydrogens (primary N) is 1. The van der Waals surface area contributed by atoms with Gasteiger partial charge >= 0.3 is 0 Å². The third kappa shape index (κ3) is 5.63. The number of hydrogen-bond acceptors (Lipinski definition) is 4. The van der Waals surface area contributed by atoms with Crippen molar-refractivity contribution < 1.29 is 14.3 Å². The normalized spacial score (nSPS) is 19.5. The molecule has 0 heterocycles. The summed E-state index contributed by atoms with van der Waals surface area (Å²) >= 11 is 6.14. The second kappa shape index (κ2) is 9.84. The first-order valence-electron chi connectivity index (χ1n) is 7.64. The van der Waals surface area contributed by atoms with Crippen LogP contribution in [-0.4, -0.2) is 38.1 Å². The summed E-state index contributed by atoms with van der Waals surface area (Å²) in [6, 6.07) is 4.96. The second-order valence-electron chi connectivity index (χ2n) is 5.70. The Bertz CT molecular complexity index is 584. The molecule has 134 valence electrons. The highest BCUT2D eigenvalue weighted by molar-refractivity contribution is 6.34. The van der Waals surface area contributed by atoms with Gasteiger partial charge in [0.05, 0.1) is 17.2 Å². The summed E-state index contributed by atoms with van der Waals surface area (Å²) < 4.78 is 4.87. The summed E-state index contributed by atoms with van der Waals surface area (Å²) in [6.07, 6.45) is 2.39. The highest BCUT2D eigenvalue weighted by atomic mass is 35.5. The SMILES string of the molecule is COCCNC(=O)c1ccc(NC(=O)C2CCC(N)C2)cc1Cl.Cl. The Morgan fingerprint density at radius 3 is 2.71 bits per heavy atom. The molecule has 8 heteroatoms. The number of hydrogen-bond donors (Lipinski definition) is 3. The molecule has 2 amide bonds. The quantitative estimate of drug-likeness (QED) is 0.664. The maximum absolute atomic E-state index is 12.2. The average molecular weight is 376 g/mol. The van der Waals surface area contributed by atoms with Gasteiger partial charge in [-0.1, -0.05) is 11.6 Å². The van der Waals surface area contributed by atoms with Gasteiger partial charge in [0.2, 0.25) is 5.91 Å². The monoisotopic (exact) mass is 375 g/mol. The fourth-order valence-corrected chi connectivity index (χ4v) is 2.90. The Balaban J connectivity index is 0.00000288. The van der Waals surface area contributed by atoms with E-state index in [1.807, 2.05) is 0 Å². The standard InChI is InChI=1S/C16H22ClN3O3.ClH/c1-23-7-6-19-16(22)13-5-4-12(9-14(13)17)20-15(21)10-2-3-11(18)8-10;/h4-5,9-11H,2-3,6-8,18H2,1H3,(H,19,22)(H,20,21);1H. The van der Waals surface area contributed by atoms with Crippen molar-refractivity contribution in [3.05, 3.63) is 28.8 Å². The molecule has 1 aliphatic rings. The minimum Gasteiger partial charge on any atom is -0.383 e. The minimum atomic E-state index is -0.272. The second-order valence-corrected chi connectivity index (χ2v) is 6.11. The van der Waals surface area contributed by atoms with E-state index in [1.54, 1.807) is 25.3 Å². The fourth-order valence-electron chi connectivity index (χ4n) is 2.64. The van der Waals surface area contributed by atoms with Crippen LogP contribution in [0.4, 0.5) is 5.69 Å². The largest absolute Gasteiger partial charge is 0.383 e. The third-order valence-electron chi connectivity index (χ3n) is 3.92. The molecule has 1 aromatic carbocycles. The van der Waals surface area contributed by atoms with E-state index in [0.29, 0.717) is 35.8 Å². The lowest BCUT2D eigenvalue weighted by Crippen LogP contribution is -2.27. The number of carbonyl (C=O) groups is 2. The topological polar surface area (TPSA) is 93.5 Å². The van der Waals surface area contributed by atoms with Crippen molar-refractivity contribution in [3.63, 3.8) is 0 Å². The maximum Gasteiger partial charge on any atom is 0.252 e. The van der Waals surface area contributed by atoms with Crippen molar-refractivity contribution in [2.75, 3.05) is 25.6 Å². The number of halogens is 2. The van der Waals surface area contributed by atoms with E-state index in [1.165, 1.54) is 0 Å². The molecule has 0 saturated heterocycles. The zero-order valence-electron chi connectivity index (χ0n) is 13.5. The molecule has 6 nitrogen and oxygen atoms in total. The zero-order chi connectivity index (χ0) is 16.8. The molecule has 0 aliphatic heterocycles. The van der Waals surface area contributed by atoms with Crippen LogP contribution in [0.2, 0.25) is 5.02 Å². The molecule has 24 heavy (non-hydrogen) atoms. The number of ether oxygens (including phenoxy) is 1. The molecule has 4 N–H and O–H groups in total. The molecular formula is C16H23Cl2N3O3. The molecule has 0 spiro atoms. The van der Waals surface area contributed by atoms with Gasteiger partial charge in [-0.25, -0.2) is 0 Å². The highest BCUT2D eigenvalue weighted by Crippen LogP contribution is 2.26. The number of benzene rings is 1. The first-order chi connectivity index (χ1) is 11.0. The van der Waals surface area contributed by atoms with E-state index < -0.39 is 0 Å². The lowest BCUT2D eigenvalue weighted by Gasteiger charge is -2.12. The van der Waals surface area contributed by atoms with Crippen LogP contribution in [0.3, 0.4) is 0 Å². The summed E-state index contributed by atoms with van der Waals surface area (Å²) in [7, 11) is 1.56. The predicted molar refractivity (Wildman–Crippen MR) is 96.9 cm³/mol. The summed E-state index contributed by atoms with van der Waals surface area (Å²) in [4.78, 5) is 24.1. The van der Waals surface area contributed by atoms with Crippen LogP contribution >= 0.6 is 24.0 Å². The van der Waals surface area contributed by atoms with E-state index >= 15 is 0 Å². The van der Waals surface area contributed by atoms with Gasteiger partial charge in [-0.3, -0.25) is 9.59 Å². The van der Waals surface area contributed by atoms with Gasteiger partial charge in [0, 0.05) is 31.3 Å². The molecule has 0 bridgehead atoms. The van der Waals surface area contributed by atoms with Crippen molar-refractivity contribution in [2.45, 2.75) is 25.3 Å². The zero-order valence-corrected chi connectivity index (χ0v) is 15.1. The molecular weight excluding hydrogens is 353 g/mol. The van der Waals surface area contributed by atoms with Gasteiger partial charge in [0.1, 0.15) is 0 Å². The van der Waals surface area contributed by atoms with E-state index in [-0.39, 0.29) is 36.2 Å². The molecule has 2 unspecified atom stereocenters. The first-order valence-corrected chi connectivity index (χ1v) is 8.02. The van der Waals surface area contributed by atoms with Crippen LogP contribution in [-0.2, 0) is 9.53 Å². The molecule has 0 aromatic heterocycles. The van der Waals surface area contributed by atoms with Gasteiger partial charge in [-0.05, 0) is 37.5 Å². The van der Waals surface area contributed by atoms with Gasteiger partial charge in [-0.15, -0.1) is 12.4 Å². The van der Waals surface area contributed by atoms with Crippen molar-refractivity contribution in [2.24, 2.45) is 11.7 Å². The molecule has 1 fully saturated rings. The Labute approximate surface area is 152 Å². The Morgan fingerprint density at radius 1 is 1.38 bits per heavy atom. The maximum atomic E-state index is 12.2. The van der Waals surface area contributed by atoms with Crippen LogP contribution in [0, 0.1) is 5.92 Å². The smallest absolute Gasteiger partial charge is 0.252 e. The predicted octanol–water partition coefficient (Wildman–Crippen LogP) is 2.20. The van der Waals surface area contributed by atoms with Crippen LogP contribution < -0.4 is 16.4 Å². The van der Waals surface area contributed by atoms with E-state index in [0.717, 1.165) is 12.8 Å². The third-order valence-corrected chi connectivity index (χ3v) is 4.23. The number of carbonyl (C=O) groups excluding carboxylic acids is 2. The number of rotatable bonds is 6. The Hall–Kier alpha value is -1.34. The summed E-state index contributed by atoms with van der Waals surface area (Å²) in [6.45, 7) is 0.840. The molecule has 2 rings (SSSR count). The number of nitrogens with one attached hydrogen (secondary N) is 2. The van der Waals surface area contributed by atoms with E-state index in [2.05, 4.69) is 10.6 Å². The van der Waals surface area contributed by atoms with Crippen molar-refractivity contribution in [1.82, 2.24) is 5.32 Å². The van der Waals surface area contributed by atoms with Gasteiger partial charge in [-0.2, -0.15) is 0 Å². The molecule has 0 radical (unpaired) electrons. The molecule has 1 aliphatic carbocycles. The van der Waals surface area contributed by atoms with Crippen molar-refractivity contribution in [3.8, 4) is 0 Å². The van der Waals surface area contributed by atoms with Gasteiger partial charge in [0.15, 0.2) is 0 Å². The highest BCUT2D eigenvalue weighted by Gasteiger charge is 2.27. The number of amides is 2. The van der Waals surface area contributed by atoms with Crippen LogP contribution in [0.1, 0.15) is 29.6 Å². The molecule has 2 atom stereocenters. The summed E-state index contributed by atoms with van der Waals surface area (Å²) in [5, 5.41) is 5.83. The Kier molecular flexibility index (Phi) is 8.48. The summed E-state index contributed by atoms with van der Waals surface area (Å²) in [5.74, 6) is -0.376. The van der Waals surface area contributed by atoms with Gasteiger partial charge in [0.25, 0.3) is 5.91 Å². The van der Waals surface area contributed by atoms with Crippen LogP contribution in [0.25, 0.3) is 0 Å². The fraction of sp³-hybridized carbons (Fsp3) is 0.500. The van der Waals surface area contributed by atoms with Gasteiger partial charge < -0.3 is 21.1 Å². The molecule has 1 aromatic rings. The van der Waals surface area contributed by atoms with E-state index in [9.17, 15) is 9.59 Å². The van der Waals surface area contributed by atoms with Crippen LogP contribution in [0.15, 0.2) is 18.2 Å². The molecule has 1 saturated carbocycles. The van der Waals surface area contributed by atoms with E-state index in [4.69, 9.17) is 22.1 Å². The lowest BCUT2D eigenvalue weighted by molar-refractivity contribution is -0.119. The minimum absolute atomic E-state index is 0. The van der Waals surface area contributed by atoms with Crippen molar-refractivity contribution in [1.29, 1.82) is 0 Å². The average Bonchev–Trinajstić information content (AvgIpc) is 2.94. The first kappa shape index (κ1) is 20.7. The van der Waals surface area contributed by atoms with Crippen molar-refractivity contribution >= 4 is 41.5 Å². The summed E-state index contributed by atoms with van der Waals surface area (Å²) in [5.41, 5.74) is 6.77. The number of anilines is 1. The van der Waals surface area contributed by atoms with Crippen LogP contribution in [0.5, 0.6) is 0 Å². The lowest BCUT2D eigenvalue weighted by atomic mass is 10.1. The Morgan fingerprint density at radius 2 is 2.12 bits per heavy atom.